The van der Waals surface area contributed by atoms with E-state index in [9.17, 15) is 9.59 Å². The van der Waals surface area contributed by atoms with Crippen LogP contribution >= 0.6 is 0 Å². The predicted molar refractivity (Wildman–Crippen MR) is 68.3 cm³/mol. The Balaban J connectivity index is 2.51. The van der Waals surface area contributed by atoms with E-state index in [2.05, 4.69) is 10.2 Å². The summed E-state index contributed by atoms with van der Waals surface area (Å²) in [5.41, 5.74) is 0.354. The summed E-state index contributed by atoms with van der Waals surface area (Å²) < 4.78 is 9.69. The molecule has 0 radical (unpaired) electrons. The van der Waals surface area contributed by atoms with Crippen LogP contribution in [-0.4, -0.2) is 17.8 Å². The molecule has 0 N–H and O–H groups in total. The van der Waals surface area contributed by atoms with Crippen molar-refractivity contribution in [2.24, 2.45) is 10.2 Å². The standard InChI is InChI=1S/C13H16N2O4/c1-9-5-7-10(8-6-9)18-11(16)14-15-12(17)19-13(2,3)4/h5-8H,1-4H3/b15-14+. The summed E-state index contributed by atoms with van der Waals surface area (Å²) in [4.78, 5) is 22.4. The average molecular weight is 264 g/mol. The van der Waals surface area contributed by atoms with E-state index in [1.807, 2.05) is 6.92 Å². The molecule has 102 valence electrons. The molecule has 0 aliphatic carbocycles. The van der Waals surface area contributed by atoms with Crippen molar-refractivity contribution >= 4 is 12.2 Å². The normalized spacial score (nSPS) is 11.4. The Kier molecular flexibility index (Phi) is 4.74. The summed E-state index contributed by atoms with van der Waals surface area (Å²) in [6.07, 6.45) is -1.91. The number of hydrogen-bond acceptors (Lipinski definition) is 4. The van der Waals surface area contributed by atoms with E-state index < -0.39 is 17.8 Å². The van der Waals surface area contributed by atoms with Gasteiger partial charge in [0.25, 0.3) is 0 Å². The summed E-state index contributed by atoms with van der Waals surface area (Å²) >= 11 is 0. The Morgan fingerprint density at radius 3 is 2.05 bits per heavy atom. The molecule has 0 spiro atoms. The number of aryl methyl sites for hydroxylation is 1. The van der Waals surface area contributed by atoms with Gasteiger partial charge in [0.1, 0.15) is 11.4 Å². The number of rotatable bonds is 1. The number of hydrogen-bond donors (Lipinski definition) is 0. The van der Waals surface area contributed by atoms with Gasteiger partial charge in [0.15, 0.2) is 0 Å². The number of nitrogens with zero attached hydrogens (tertiary/aromatic N) is 2. The maximum Gasteiger partial charge on any atom is 0.458 e. The van der Waals surface area contributed by atoms with E-state index in [4.69, 9.17) is 9.47 Å². The molecule has 1 aromatic rings. The van der Waals surface area contributed by atoms with Crippen LogP contribution in [0, 0.1) is 6.92 Å². The van der Waals surface area contributed by atoms with E-state index in [1.54, 1.807) is 45.0 Å². The van der Waals surface area contributed by atoms with Crippen LogP contribution in [0.4, 0.5) is 9.59 Å². The zero-order chi connectivity index (χ0) is 14.5. The molecule has 0 unspecified atom stereocenters. The molecule has 0 saturated heterocycles. The molecule has 0 fully saturated rings. The molecular formula is C13H16N2O4. The second-order valence-electron chi connectivity index (χ2n) is 4.86. The van der Waals surface area contributed by atoms with Crippen molar-refractivity contribution in [2.75, 3.05) is 0 Å². The van der Waals surface area contributed by atoms with Crippen LogP contribution in [0.2, 0.25) is 0 Å². The van der Waals surface area contributed by atoms with Crippen LogP contribution in [0.1, 0.15) is 26.3 Å². The molecule has 6 nitrogen and oxygen atoms in total. The van der Waals surface area contributed by atoms with E-state index in [0.29, 0.717) is 5.75 Å². The lowest BCUT2D eigenvalue weighted by Gasteiger charge is -2.16. The van der Waals surface area contributed by atoms with Crippen LogP contribution in [-0.2, 0) is 4.74 Å². The highest BCUT2D eigenvalue weighted by atomic mass is 16.6. The highest BCUT2D eigenvalue weighted by molar-refractivity contribution is 5.74. The Bertz CT molecular complexity index is 486. The van der Waals surface area contributed by atoms with Crippen molar-refractivity contribution < 1.29 is 19.1 Å². The Morgan fingerprint density at radius 2 is 1.53 bits per heavy atom. The van der Waals surface area contributed by atoms with E-state index in [0.717, 1.165) is 5.56 Å². The van der Waals surface area contributed by atoms with Gasteiger partial charge in [-0.3, -0.25) is 0 Å². The van der Waals surface area contributed by atoms with Crippen LogP contribution < -0.4 is 4.74 Å². The first kappa shape index (κ1) is 14.8. The van der Waals surface area contributed by atoms with Crippen LogP contribution in [0.3, 0.4) is 0 Å². The smallest absolute Gasteiger partial charge is 0.441 e. The van der Waals surface area contributed by atoms with Gasteiger partial charge in [-0.1, -0.05) is 27.9 Å². The minimum atomic E-state index is -0.977. The zero-order valence-corrected chi connectivity index (χ0v) is 11.3. The predicted octanol–water partition coefficient (Wildman–Crippen LogP) is 3.88. The second-order valence-corrected chi connectivity index (χ2v) is 4.86. The lowest BCUT2D eigenvalue weighted by molar-refractivity contribution is 0.0589. The quantitative estimate of drug-likeness (QED) is 0.721. The maximum atomic E-state index is 11.3. The molecule has 0 atom stereocenters. The van der Waals surface area contributed by atoms with Gasteiger partial charge in [-0.15, -0.1) is 0 Å². The number of ether oxygens (including phenoxy) is 2. The van der Waals surface area contributed by atoms with Gasteiger partial charge in [-0.05, 0) is 39.8 Å². The fraction of sp³-hybridized carbons (Fsp3) is 0.385. The summed E-state index contributed by atoms with van der Waals surface area (Å²) in [5, 5.41) is 6.23. The fourth-order valence-corrected chi connectivity index (χ4v) is 1.09. The summed E-state index contributed by atoms with van der Waals surface area (Å²) in [7, 11) is 0. The first-order valence-corrected chi connectivity index (χ1v) is 5.69. The minimum absolute atomic E-state index is 0.332. The number of benzene rings is 1. The van der Waals surface area contributed by atoms with Gasteiger partial charge < -0.3 is 9.47 Å². The van der Waals surface area contributed by atoms with Gasteiger partial charge in [0.2, 0.25) is 0 Å². The van der Waals surface area contributed by atoms with Crippen LogP contribution in [0.15, 0.2) is 34.5 Å². The molecule has 0 aliphatic rings. The van der Waals surface area contributed by atoms with E-state index >= 15 is 0 Å². The highest BCUT2D eigenvalue weighted by Gasteiger charge is 2.16. The summed E-state index contributed by atoms with van der Waals surface area (Å²) in [6.45, 7) is 6.97. The minimum Gasteiger partial charge on any atom is -0.441 e. The van der Waals surface area contributed by atoms with Crippen molar-refractivity contribution in [3.63, 3.8) is 0 Å². The van der Waals surface area contributed by atoms with Gasteiger partial charge in [-0.25, -0.2) is 9.59 Å². The molecular weight excluding hydrogens is 248 g/mol. The number of azo groups is 1. The van der Waals surface area contributed by atoms with E-state index in [-0.39, 0.29) is 0 Å². The molecule has 0 heterocycles. The molecule has 6 heteroatoms. The molecule has 1 rings (SSSR count). The first-order chi connectivity index (χ1) is 8.76. The highest BCUT2D eigenvalue weighted by Crippen LogP contribution is 2.12. The van der Waals surface area contributed by atoms with Crippen molar-refractivity contribution in [3.05, 3.63) is 29.8 Å². The van der Waals surface area contributed by atoms with Gasteiger partial charge >= 0.3 is 12.2 Å². The number of carbonyl (C=O) groups excluding carboxylic acids is 2. The molecule has 2 amide bonds. The molecule has 1 aromatic carbocycles. The zero-order valence-electron chi connectivity index (χ0n) is 11.3. The maximum absolute atomic E-state index is 11.3. The van der Waals surface area contributed by atoms with Crippen LogP contribution in [0.25, 0.3) is 0 Å². The fourth-order valence-electron chi connectivity index (χ4n) is 1.09. The van der Waals surface area contributed by atoms with E-state index in [1.165, 1.54) is 0 Å². The number of carbonyl (C=O) groups is 2. The topological polar surface area (TPSA) is 77.3 Å². The number of amides is 2. The molecule has 0 bridgehead atoms. The van der Waals surface area contributed by atoms with Crippen molar-refractivity contribution in [1.82, 2.24) is 0 Å². The molecule has 0 aromatic heterocycles. The Morgan fingerprint density at radius 1 is 1.00 bits per heavy atom. The van der Waals surface area contributed by atoms with Gasteiger partial charge in [-0.2, -0.15) is 0 Å². The van der Waals surface area contributed by atoms with Gasteiger partial charge in [0, 0.05) is 0 Å². The Hall–Kier alpha value is -2.24. The van der Waals surface area contributed by atoms with Crippen molar-refractivity contribution in [1.29, 1.82) is 0 Å². The monoisotopic (exact) mass is 264 g/mol. The molecule has 19 heavy (non-hydrogen) atoms. The third-order valence-corrected chi connectivity index (χ3v) is 1.83. The Labute approximate surface area is 111 Å². The summed E-state index contributed by atoms with van der Waals surface area (Å²) in [6, 6.07) is 6.81. The molecule has 0 saturated carbocycles. The SMILES string of the molecule is Cc1ccc(OC(=O)/N=N/C(=O)OC(C)(C)C)cc1. The van der Waals surface area contributed by atoms with Gasteiger partial charge in [0.05, 0.1) is 0 Å². The second kappa shape index (κ2) is 6.08. The van der Waals surface area contributed by atoms with Crippen molar-refractivity contribution in [2.45, 2.75) is 33.3 Å². The molecule has 0 aliphatic heterocycles. The van der Waals surface area contributed by atoms with Crippen molar-refractivity contribution in [3.8, 4) is 5.75 Å². The summed E-state index contributed by atoms with van der Waals surface area (Å²) in [5.74, 6) is 0.332. The average Bonchev–Trinajstić information content (AvgIpc) is 2.27. The first-order valence-electron chi connectivity index (χ1n) is 5.69. The third-order valence-electron chi connectivity index (χ3n) is 1.83. The lowest BCUT2D eigenvalue weighted by Crippen LogP contribution is -2.21. The lowest BCUT2D eigenvalue weighted by atomic mass is 10.2. The largest absolute Gasteiger partial charge is 0.458 e. The van der Waals surface area contributed by atoms with Crippen LogP contribution in [0.5, 0.6) is 5.75 Å². The third kappa shape index (κ3) is 6.30.